The lowest BCUT2D eigenvalue weighted by Gasteiger charge is -2.28. The normalized spacial score (nSPS) is 18.3. The smallest absolute Gasteiger partial charge is 0.243 e. The second kappa shape index (κ2) is 11.1. The van der Waals surface area contributed by atoms with Gasteiger partial charge in [-0.1, -0.05) is 61.5 Å². The number of rotatable bonds is 8. The van der Waals surface area contributed by atoms with E-state index in [-0.39, 0.29) is 22.8 Å². The van der Waals surface area contributed by atoms with Gasteiger partial charge in [0.15, 0.2) is 0 Å². The number of hydrogen-bond acceptors (Lipinski definition) is 4. The summed E-state index contributed by atoms with van der Waals surface area (Å²) in [6.07, 6.45) is 5.40. The molecule has 5 rings (SSSR count). The van der Waals surface area contributed by atoms with Crippen LogP contribution in [0.25, 0.3) is 0 Å². The van der Waals surface area contributed by atoms with Gasteiger partial charge in [0.25, 0.3) is 0 Å². The molecule has 7 heteroatoms. The van der Waals surface area contributed by atoms with Crippen LogP contribution in [0.1, 0.15) is 67.7 Å². The second-order valence-electron chi connectivity index (χ2n) is 10.0. The van der Waals surface area contributed by atoms with E-state index >= 15 is 0 Å². The highest BCUT2D eigenvalue weighted by molar-refractivity contribution is 7.89. The van der Waals surface area contributed by atoms with Crippen molar-refractivity contribution in [2.45, 2.75) is 62.3 Å². The van der Waals surface area contributed by atoms with Crippen LogP contribution in [0.3, 0.4) is 0 Å². The summed E-state index contributed by atoms with van der Waals surface area (Å²) in [5.41, 5.74) is 4.39. The lowest BCUT2D eigenvalue weighted by atomic mass is 9.88. The van der Waals surface area contributed by atoms with Crippen LogP contribution in [0.5, 0.6) is 0 Å². The minimum atomic E-state index is -3.85. The molecule has 6 nitrogen and oxygen atoms in total. The number of anilines is 2. The van der Waals surface area contributed by atoms with Gasteiger partial charge in [0.1, 0.15) is 4.90 Å². The van der Waals surface area contributed by atoms with Crippen LogP contribution in [0.4, 0.5) is 11.4 Å². The molecule has 1 saturated heterocycles. The Bertz CT molecular complexity index is 1350. The van der Waals surface area contributed by atoms with E-state index in [2.05, 4.69) is 21.0 Å². The zero-order valence-corrected chi connectivity index (χ0v) is 22.1. The lowest BCUT2D eigenvalue weighted by Crippen LogP contribution is -2.32. The minimum Gasteiger partial charge on any atom is -0.370 e. The number of carbonyl (C=O) groups is 1. The third-order valence-corrected chi connectivity index (χ3v) is 9.06. The molecule has 2 atom stereocenters. The summed E-state index contributed by atoms with van der Waals surface area (Å²) in [5.74, 6) is -0.448. The number of fused-ring (bicyclic) bond motifs is 1. The largest absolute Gasteiger partial charge is 0.370 e. The van der Waals surface area contributed by atoms with Gasteiger partial charge in [-0.05, 0) is 73.4 Å². The highest BCUT2D eigenvalue weighted by atomic mass is 32.2. The number of sulfonamides is 1. The van der Waals surface area contributed by atoms with E-state index in [9.17, 15) is 13.2 Å². The first-order valence-corrected chi connectivity index (χ1v) is 14.8. The molecule has 194 valence electrons. The van der Waals surface area contributed by atoms with E-state index in [1.807, 2.05) is 67.6 Å². The van der Waals surface area contributed by atoms with Crippen LogP contribution >= 0.6 is 0 Å². The molecular weight excluding hydrogens is 482 g/mol. The van der Waals surface area contributed by atoms with E-state index in [1.54, 1.807) is 6.07 Å². The fourth-order valence-corrected chi connectivity index (χ4v) is 7.14. The van der Waals surface area contributed by atoms with Gasteiger partial charge in [-0.3, -0.25) is 4.79 Å². The zero-order valence-electron chi connectivity index (χ0n) is 21.3. The molecule has 0 bridgehead atoms. The van der Waals surface area contributed by atoms with Crippen molar-refractivity contribution in [3.8, 4) is 0 Å². The van der Waals surface area contributed by atoms with Gasteiger partial charge >= 0.3 is 0 Å². The van der Waals surface area contributed by atoms with Crippen LogP contribution in [0.15, 0.2) is 77.7 Å². The average molecular weight is 518 g/mol. The van der Waals surface area contributed by atoms with Crippen molar-refractivity contribution >= 4 is 27.3 Å². The molecule has 3 aromatic rings. The molecule has 1 aliphatic carbocycles. The maximum absolute atomic E-state index is 13.9. The van der Waals surface area contributed by atoms with Crippen molar-refractivity contribution in [2.75, 3.05) is 23.3 Å². The Hall–Kier alpha value is -3.16. The van der Waals surface area contributed by atoms with E-state index in [0.29, 0.717) is 17.8 Å². The molecule has 3 aromatic carbocycles. The fourth-order valence-electron chi connectivity index (χ4n) is 5.64. The van der Waals surface area contributed by atoms with Gasteiger partial charge in [-0.2, -0.15) is 0 Å². The number of carbonyl (C=O) groups excluding carboxylic acids is 1. The summed E-state index contributed by atoms with van der Waals surface area (Å²) < 4.78 is 30.8. The molecule has 2 N–H and O–H groups in total. The minimum absolute atomic E-state index is 0.139. The Labute approximate surface area is 220 Å². The first kappa shape index (κ1) is 25.5. The molecule has 0 saturated carbocycles. The number of aryl methyl sites for hydroxylation is 1. The van der Waals surface area contributed by atoms with Crippen LogP contribution in [-0.2, 0) is 21.2 Å². The second-order valence-corrected chi connectivity index (χ2v) is 11.7. The molecular formula is C30H35N3O3S. The van der Waals surface area contributed by atoms with Crippen molar-refractivity contribution in [2.24, 2.45) is 0 Å². The van der Waals surface area contributed by atoms with Gasteiger partial charge in [0, 0.05) is 24.8 Å². The number of hydrogen-bond donors (Lipinski definition) is 2. The van der Waals surface area contributed by atoms with Crippen LogP contribution in [0, 0.1) is 0 Å². The average Bonchev–Trinajstić information content (AvgIpc) is 3.45. The highest BCUT2D eigenvalue weighted by Gasteiger charge is 2.30. The lowest BCUT2D eigenvalue weighted by molar-refractivity contribution is -0.117. The first-order chi connectivity index (χ1) is 18.0. The summed E-state index contributed by atoms with van der Waals surface area (Å²) in [5, 5.41) is 2.99. The predicted molar refractivity (Wildman–Crippen MR) is 148 cm³/mol. The number of nitrogens with zero attached hydrogens (tertiary/aromatic N) is 1. The predicted octanol–water partition coefficient (Wildman–Crippen LogP) is 5.78. The molecule has 1 aliphatic heterocycles. The summed E-state index contributed by atoms with van der Waals surface area (Å²) in [7, 11) is -3.85. The Kier molecular flexibility index (Phi) is 7.63. The van der Waals surface area contributed by atoms with Crippen LogP contribution < -0.4 is 14.9 Å². The SMILES string of the molecule is CC[C@@H](C(=O)Nc1ccc(N2CCCC2)c(S(=O)(=O)N[C@H]2CCCc3ccccc32)c1)c1ccccc1. The first-order valence-electron chi connectivity index (χ1n) is 13.3. The summed E-state index contributed by atoms with van der Waals surface area (Å²) >= 11 is 0. The fraction of sp³-hybridized carbons (Fsp3) is 0.367. The standard InChI is InChI=1S/C30H35N3O3S/c1-2-25(22-11-4-3-5-12-22)30(34)31-24-17-18-28(33-19-8-9-20-33)29(21-24)37(35,36)32-27-16-10-14-23-13-6-7-15-26(23)27/h3-7,11-13,15,17-18,21,25,27,32H,2,8-10,14,16,19-20H2,1H3,(H,31,34)/t25-,27+/m1/s1. The van der Waals surface area contributed by atoms with E-state index in [1.165, 1.54) is 5.56 Å². The van der Waals surface area contributed by atoms with E-state index in [4.69, 9.17) is 0 Å². The third kappa shape index (κ3) is 5.58. The molecule has 37 heavy (non-hydrogen) atoms. The van der Waals surface area contributed by atoms with Crippen LogP contribution in [0.2, 0.25) is 0 Å². The number of amides is 1. The molecule has 0 unspecified atom stereocenters. The Morgan fingerprint density at radius 3 is 2.46 bits per heavy atom. The number of nitrogens with one attached hydrogen (secondary N) is 2. The molecule has 1 amide bonds. The molecule has 1 heterocycles. The topological polar surface area (TPSA) is 78.5 Å². The maximum Gasteiger partial charge on any atom is 0.243 e. The Balaban J connectivity index is 1.45. The van der Waals surface area contributed by atoms with Crippen molar-refractivity contribution in [1.29, 1.82) is 0 Å². The zero-order chi connectivity index (χ0) is 25.8. The van der Waals surface area contributed by atoms with E-state index in [0.717, 1.165) is 56.3 Å². The molecule has 0 spiro atoms. The highest BCUT2D eigenvalue weighted by Crippen LogP contribution is 2.35. The van der Waals surface area contributed by atoms with Crippen molar-refractivity contribution < 1.29 is 13.2 Å². The van der Waals surface area contributed by atoms with Gasteiger partial charge in [0.05, 0.1) is 11.6 Å². The van der Waals surface area contributed by atoms with Crippen LogP contribution in [-0.4, -0.2) is 27.4 Å². The van der Waals surface area contributed by atoms with Gasteiger partial charge < -0.3 is 10.2 Å². The Morgan fingerprint density at radius 2 is 1.70 bits per heavy atom. The van der Waals surface area contributed by atoms with E-state index < -0.39 is 10.0 Å². The quantitative estimate of drug-likeness (QED) is 0.397. The molecule has 0 aromatic heterocycles. The molecule has 2 aliphatic rings. The maximum atomic E-state index is 13.9. The van der Waals surface area contributed by atoms with Gasteiger partial charge in [-0.25, -0.2) is 13.1 Å². The van der Waals surface area contributed by atoms with Crippen molar-refractivity contribution in [1.82, 2.24) is 4.72 Å². The molecule has 1 fully saturated rings. The van der Waals surface area contributed by atoms with Gasteiger partial charge in [0.2, 0.25) is 15.9 Å². The van der Waals surface area contributed by atoms with Crippen molar-refractivity contribution in [3.63, 3.8) is 0 Å². The molecule has 0 radical (unpaired) electrons. The monoisotopic (exact) mass is 517 g/mol. The number of benzene rings is 3. The third-order valence-electron chi connectivity index (χ3n) is 7.56. The summed E-state index contributed by atoms with van der Waals surface area (Å²) in [6, 6.07) is 22.8. The summed E-state index contributed by atoms with van der Waals surface area (Å²) in [6.45, 7) is 3.63. The summed E-state index contributed by atoms with van der Waals surface area (Å²) in [4.78, 5) is 15.6. The van der Waals surface area contributed by atoms with Gasteiger partial charge in [-0.15, -0.1) is 0 Å². The Morgan fingerprint density at radius 1 is 0.973 bits per heavy atom. The van der Waals surface area contributed by atoms with Crippen molar-refractivity contribution in [3.05, 3.63) is 89.5 Å².